The number of halogens is 10. The van der Waals surface area contributed by atoms with Gasteiger partial charge in [0.25, 0.3) is 5.67 Å². The van der Waals surface area contributed by atoms with Crippen LogP contribution in [-0.4, -0.2) is 36.0 Å². The lowest BCUT2D eigenvalue weighted by Gasteiger charge is -2.47. The highest BCUT2D eigenvalue weighted by molar-refractivity contribution is 5.35. The number of fused-ring (bicyclic) bond motifs is 2. The van der Waals surface area contributed by atoms with Crippen LogP contribution in [0, 0.1) is 11.8 Å². The Hall–Kier alpha value is -0.960. The first-order chi connectivity index (χ1) is 9.27. The Labute approximate surface area is 111 Å². The molecule has 5 unspecified atom stereocenters. The van der Waals surface area contributed by atoms with Crippen LogP contribution in [0.2, 0.25) is 0 Å². The van der Waals surface area contributed by atoms with E-state index < -0.39 is 54.3 Å². The molecule has 0 heterocycles. The zero-order valence-corrected chi connectivity index (χ0v) is 10.0. The van der Waals surface area contributed by atoms with Gasteiger partial charge in [-0.3, -0.25) is 0 Å². The van der Waals surface area contributed by atoms with Crippen LogP contribution in [-0.2, 0) is 0 Å². The van der Waals surface area contributed by atoms with Gasteiger partial charge in [0.1, 0.15) is 6.67 Å². The van der Waals surface area contributed by atoms with Crippen LogP contribution < -0.4 is 0 Å². The van der Waals surface area contributed by atoms with Crippen molar-refractivity contribution in [3.63, 3.8) is 0 Å². The second-order valence-electron chi connectivity index (χ2n) is 5.19. The van der Waals surface area contributed by atoms with Crippen molar-refractivity contribution in [2.45, 2.75) is 35.8 Å². The van der Waals surface area contributed by atoms with Gasteiger partial charge in [-0.15, -0.1) is 0 Å². The van der Waals surface area contributed by atoms with Crippen LogP contribution in [0.15, 0.2) is 12.2 Å². The van der Waals surface area contributed by atoms with E-state index in [-0.39, 0.29) is 0 Å². The molecule has 0 aromatic rings. The van der Waals surface area contributed by atoms with E-state index in [1.807, 2.05) is 0 Å². The van der Waals surface area contributed by atoms with Crippen molar-refractivity contribution in [1.29, 1.82) is 0 Å². The lowest BCUT2D eigenvalue weighted by Crippen LogP contribution is -2.73. The Morgan fingerprint density at radius 3 is 1.62 bits per heavy atom. The molecule has 2 rings (SSSR count). The molecule has 1 fully saturated rings. The van der Waals surface area contributed by atoms with Crippen molar-refractivity contribution in [3.05, 3.63) is 12.2 Å². The Bertz CT molecular complexity index is 465. The number of rotatable bonds is 2. The largest absolute Gasteiger partial charge is 0.428 e. The molecule has 21 heavy (non-hydrogen) atoms. The van der Waals surface area contributed by atoms with E-state index in [1.165, 1.54) is 0 Å². The van der Waals surface area contributed by atoms with E-state index in [9.17, 15) is 43.9 Å². The van der Waals surface area contributed by atoms with Gasteiger partial charge < -0.3 is 0 Å². The van der Waals surface area contributed by atoms with Crippen LogP contribution in [0.3, 0.4) is 0 Å². The molecule has 1 saturated carbocycles. The standard InChI is InChI=1S/C11H8F10/c12-4-7(13,10(16,17)18)8(14)5-1-2-6(3-5)9(8,15)11(19,20)21/h1-2,5-6H,3-4H2. The molecule has 0 saturated heterocycles. The zero-order valence-electron chi connectivity index (χ0n) is 10.0. The molecule has 0 spiro atoms. The molecule has 0 amide bonds. The lowest BCUT2D eigenvalue weighted by atomic mass is 9.68. The predicted octanol–water partition coefficient (Wildman–Crippen LogP) is 4.41. The normalized spacial score (nSPS) is 42.4. The summed E-state index contributed by atoms with van der Waals surface area (Å²) < 4.78 is 132. The van der Waals surface area contributed by atoms with Gasteiger partial charge in [-0.05, 0) is 6.42 Å². The summed E-state index contributed by atoms with van der Waals surface area (Å²) in [5.41, 5.74) is -15.8. The Morgan fingerprint density at radius 1 is 0.857 bits per heavy atom. The number of allylic oxidation sites excluding steroid dienone is 2. The zero-order chi connectivity index (χ0) is 16.5. The van der Waals surface area contributed by atoms with Gasteiger partial charge >= 0.3 is 12.4 Å². The third-order valence-electron chi connectivity index (χ3n) is 4.26. The average Bonchev–Trinajstić information content (AvgIpc) is 2.88. The first-order valence-electron chi connectivity index (χ1n) is 5.72. The first-order valence-corrected chi connectivity index (χ1v) is 5.72. The predicted molar refractivity (Wildman–Crippen MR) is 50.3 cm³/mol. The van der Waals surface area contributed by atoms with Gasteiger partial charge in [0.2, 0.25) is 11.3 Å². The summed E-state index contributed by atoms with van der Waals surface area (Å²) in [4.78, 5) is 0. The fourth-order valence-electron chi connectivity index (χ4n) is 3.21. The highest BCUT2D eigenvalue weighted by Gasteiger charge is 2.89. The molecule has 5 atom stereocenters. The van der Waals surface area contributed by atoms with Gasteiger partial charge in [0.05, 0.1) is 0 Å². The minimum atomic E-state index is -6.34. The van der Waals surface area contributed by atoms with Crippen molar-refractivity contribution in [3.8, 4) is 0 Å². The summed E-state index contributed by atoms with van der Waals surface area (Å²) in [6.07, 6.45) is -12.4. The Kier molecular flexibility index (Phi) is 3.18. The molecule has 0 aromatic heterocycles. The molecular formula is C11H8F10. The van der Waals surface area contributed by atoms with Crippen molar-refractivity contribution >= 4 is 0 Å². The molecular weight excluding hydrogens is 322 g/mol. The fraction of sp³-hybridized carbons (Fsp3) is 0.818. The Balaban J connectivity index is 2.71. The second-order valence-corrected chi connectivity index (χ2v) is 5.19. The summed E-state index contributed by atoms with van der Waals surface area (Å²) in [6, 6.07) is 0. The lowest BCUT2D eigenvalue weighted by molar-refractivity contribution is -0.347. The van der Waals surface area contributed by atoms with E-state index in [1.54, 1.807) is 0 Å². The van der Waals surface area contributed by atoms with E-state index in [0.29, 0.717) is 12.2 Å². The quantitative estimate of drug-likeness (QED) is 0.520. The van der Waals surface area contributed by atoms with Crippen LogP contribution in [0.25, 0.3) is 0 Å². The number of alkyl halides is 10. The molecule has 10 heteroatoms. The molecule has 2 bridgehead atoms. The van der Waals surface area contributed by atoms with E-state index in [4.69, 9.17) is 0 Å². The van der Waals surface area contributed by atoms with Crippen molar-refractivity contribution < 1.29 is 43.9 Å². The third-order valence-corrected chi connectivity index (χ3v) is 4.26. The first kappa shape index (κ1) is 16.4. The van der Waals surface area contributed by atoms with E-state index in [2.05, 4.69) is 0 Å². The van der Waals surface area contributed by atoms with Crippen LogP contribution in [0.1, 0.15) is 6.42 Å². The van der Waals surface area contributed by atoms with Crippen molar-refractivity contribution in [1.82, 2.24) is 0 Å². The van der Waals surface area contributed by atoms with E-state index >= 15 is 0 Å². The van der Waals surface area contributed by atoms with Gasteiger partial charge in [-0.2, -0.15) is 26.3 Å². The summed E-state index contributed by atoms with van der Waals surface area (Å²) in [6.45, 7) is -3.15. The topological polar surface area (TPSA) is 0 Å². The second kappa shape index (κ2) is 4.07. The maximum absolute atomic E-state index is 14.6. The molecule has 0 N–H and O–H groups in total. The van der Waals surface area contributed by atoms with Gasteiger partial charge in [0.15, 0.2) is 0 Å². The highest BCUT2D eigenvalue weighted by atomic mass is 19.4. The number of hydrogen-bond acceptors (Lipinski definition) is 0. The van der Waals surface area contributed by atoms with Crippen LogP contribution in [0.4, 0.5) is 43.9 Å². The fourth-order valence-corrected chi connectivity index (χ4v) is 3.21. The monoisotopic (exact) mass is 330 g/mol. The van der Waals surface area contributed by atoms with Crippen molar-refractivity contribution in [2.24, 2.45) is 11.8 Å². The molecule has 0 radical (unpaired) electrons. The summed E-state index contributed by atoms with van der Waals surface area (Å²) >= 11 is 0. The molecule has 122 valence electrons. The average molecular weight is 330 g/mol. The molecule has 2 aliphatic rings. The molecule has 0 nitrogen and oxygen atoms in total. The SMILES string of the molecule is FCC(F)(C(F)(F)F)C1(F)C2C=CC(C2)C1(F)C(F)(F)F. The van der Waals surface area contributed by atoms with E-state index in [0.717, 1.165) is 0 Å². The third kappa shape index (κ3) is 1.59. The molecule has 2 aliphatic carbocycles. The Morgan fingerprint density at radius 2 is 1.29 bits per heavy atom. The van der Waals surface area contributed by atoms with Gasteiger partial charge in [0, 0.05) is 11.8 Å². The summed E-state index contributed by atoms with van der Waals surface area (Å²) in [5, 5.41) is 0. The highest BCUT2D eigenvalue weighted by Crippen LogP contribution is 2.69. The van der Waals surface area contributed by atoms with Gasteiger partial charge in [-0.1, -0.05) is 12.2 Å². The van der Waals surface area contributed by atoms with Crippen molar-refractivity contribution in [2.75, 3.05) is 6.67 Å². The minimum Gasteiger partial charge on any atom is -0.247 e. The van der Waals surface area contributed by atoms with Crippen LogP contribution >= 0.6 is 0 Å². The number of hydrogen-bond donors (Lipinski definition) is 0. The van der Waals surface area contributed by atoms with Crippen LogP contribution in [0.5, 0.6) is 0 Å². The maximum atomic E-state index is 14.6. The minimum absolute atomic E-state index is 0.532. The summed E-state index contributed by atoms with van der Waals surface area (Å²) in [7, 11) is 0. The summed E-state index contributed by atoms with van der Waals surface area (Å²) in [5.74, 6) is -4.67. The smallest absolute Gasteiger partial charge is 0.247 e. The maximum Gasteiger partial charge on any atom is 0.428 e. The molecule has 0 aliphatic heterocycles. The van der Waals surface area contributed by atoms with Gasteiger partial charge in [-0.25, -0.2) is 17.6 Å². The molecule has 0 aromatic carbocycles.